The molecule has 1 amide bonds. The summed E-state index contributed by atoms with van der Waals surface area (Å²) in [6.07, 6.45) is 2.51. The average molecular weight is 257 g/mol. The first kappa shape index (κ1) is 12.3. The van der Waals surface area contributed by atoms with E-state index in [0.717, 1.165) is 19.3 Å². The second-order valence-electron chi connectivity index (χ2n) is 4.39. The van der Waals surface area contributed by atoms with Gasteiger partial charge in [0.15, 0.2) is 5.82 Å². The Kier molecular flexibility index (Phi) is 3.35. The molecule has 0 saturated heterocycles. The number of carbonyl (C=O) groups excluding carboxylic acids is 1. The van der Waals surface area contributed by atoms with Crippen molar-refractivity contribution in [3.05, 3.63) is 29.0 Å². The summed E-state index contributed by atoms with van der Waals surface area (Å²) >= 11 is 5.64. The third-order valence-electron chi connectivity index (χ3n) is 3.38. The van der Waals surface area contributed by atoms with Gasteiger partial charge in [-0.2, -0.15) is 0 Å². The van der Waals surface area contributed by atoms with Gasteiger partial charge in [0.25, 0.3) is 0 Å². The van der Waals surface area contributed by atoms with E-state index in [0.29, 0.717) is 6.54 Å². The van der Waals surface area contributed by atoms with E-state index in [-0.39, 0.29) is 16.6 Å². The van der Waals surface area contributed by atoms with Crippen LogP contribution in [0, 0.1) is 11.2 Å². The molecule has 0 bridgehead atoms. The van der Waals surface area contributed by atoms with Gasteiger partial charge in [0.05, 0.1) is 16.1 Å². The Balaban J connectivity index is 2.16. The van der Waals surface area contributed by atoms with Crippen LogP contribution in [0.4, 0.5) is 10.1 Å². The van der Waals surface area contributed by atoms with Crippen LogP contribution in [0.3, 0.4) is 0 Å². The Morgan fingerprint density at radius 2 is 2.24 bits per heavy atom. The largest absolute Gasteiger partial charge is 0.329 e. The summed E-state index contributed by atoms with van der Waals surface area (Å²) in [7, 11) is 0. The van der Waals surface area contributed by atoms with Crippen molar-refractivity contribution < 1.29 is 9.18 Å². The number of benzene rings is 1. The summed E-state index contributed by atoms with van der Waals surface area (Å²) in [5.41, 5.74) is 5.20. The molecule has 1 saturated carbocycles. The zero-order valence-electron chi connectivity index (χ0n) is 9.30. The van der Waals surface area contributed by atoms with Gasteiger partial charge in [-0.3, -0.25) is 4.79 Å². The summed E-state index contributed by atoms with van der Waals surface area (Å²) in [5.74, 6) is -0.818. The van der Waals surface area contributed by atoms with Gasteiger partial charge in [-0.15, -0.1) is 0 Å². The molecule has 1 aromatic carbocycles. The molecule has 1 aromatic rings. The molecule has 3 N–H and O–H groups in total. The molecule has 3 nitrogen and oxygen atoms in total. The molecule has 1 aliphatic rings. The van der Waals surface area contributed by atoms with E-state index < -0.39 is 11.2 Å². The fraction of sp³-hybridized carbons (Fsp3) is 0.417. The molecular formula is C12H14ClFN2O. The van der Waals surface area contributed by atoms with Gasteiger partial charge in [-0.25, -0.2) is 4.39 Å². The van der Waals surface area contributed by atoms with Crippen molar-refractivity contribution in [2.75, 3.05) is 11.9 Å². The Labute approximate surface area is 104 Å². The van der Waals surface area contributed by atoms with Gasteiger partial charge in [-0.1, -0.05) is 24.1 Å². The third-order valence-corrected chi connectivity index (χ3v) is 3.67. The van der Waals surface area contributed by atoms with Crippen LogP contribution in [0.2, 0.25) is 5.02 Å². The number of hydrogen-bond donors (Lipinski definition) is 2. The lowest BCUT2D eigenvalue weighted by atomic mass is 9.68. The second-order valence-corrected chi connectivity index (χ2v) is 4.80. The summed E-state index contributed by atoms with van der Waals surface area (Å²) < 4.78 is 13.6. The third kappa shape index (κ3) is 2.15. The second kappa shape index (κ2) is 4.63. The highest BCUT2D eigenvalue weighted by Crippen LogP contribution is 2.41. The van der Waals surface area contributed by atoms with Gasteiger partial charge in [0, 0.05) is 6.54 Å². The van der Waals surface area contributed by atoms with Crippen LogP contribution >= 0.6 is 11.6 Å². The van der Waals surface area contributed by atoms with Gasteiger partial charge < -0.3 is 11.1 Å². The zero-order valence-corrected chi connectivity index (χ0v) is 10.1. The molecule has 0 aromatic heterocycles. The van der Waals surface area contributed by atoms with E-state index in [4.69, 9.17) is 17.3 Å². The molecule has 1 aliphatic carbocycles. The summed E-state index contributed by atoms with van der Waals surface area (Å²) in [6.45, 7) is 0.293. The fourth-order valence-corrected chi connectivity index (χ4v) is 2.16. The van der Waals surface area contributed by atoms with Crippen molar-refractivity contribution in [2.24, 2.45) is 11.1 Å². The maximum absolute atomic E-state index is 13.6. The molecule has 0 heterocycles. The maximum Gasteiger partial charge on any atom is 0.231 e. The maximum atomic E-state index is 13.6. The normalized spacial score (nSPS) is 17.4. The van der Waals surface area contributed by atoms with Crippen LogP contribution in [0.5, 0.6) is 0 Å². The molecular weight excluding hydrogens is 243 g/mol. The summed E-state index contributed by atoms with van der Waals surface area (Å²) in [5, 5.41) is 2.56. The van der Waals surface area contributed by atoms with Crippen molar-refractivity contribution in [3.63, 3.8) is 0 Å². The van der Waals surface area contributed by atoms with Gasteiger partial charge in [0.1, 0.15) is 0 Å². The molecule has 0 unspecified atom stereocenters. The van der Waals surface area contributed by atoms with Crippen LogP contribution in [0.25, 0.3) is 0 Å². The highest BCUT2D eigenvalue weighted by molar-refractivity contribution is 6.31. The molecule has 17 heavy (non-hydrogen) atoms. The number of hydrogen-bond acceptors (Lipinski definition) is 2. The van der Waals surface area contributed by atoms with Crippen molar-refractivity contribution >= 4 is 23.2 Å². The Morgan fingerprint density at radius 3 is 2.76 bits per heavy atom. The molecule has 0 atom stereocenters. The zero-order chi connectivity index (χ0) is 12.5. The van der Waals surface area contributed by atoms with Crippen LogP contribution in [-0.4, -0.2) is 12.5 Å². The Morgan fingerprint density at radius 1 is 1.53 bits per heavy atom. The van der Waals surface area contributed by atoms with E-state index in [1.54, 1.807) is 6.07 Å². The monoisotopic (exact) mass is 256 g/mol. The first-order valence-corrected chi connectivity index (χ1v) is 5.92. The number of amides is 1. The first-order chi connectivity index (χ1) is 8.09. The van der Waals surface area contributed by atoms with Crippen LogP contribution in [0.15, 0.2) is 18.2 Å². The van der Waals surface area contributed by atoms with E-state index in [1.807, 2.05) is 0 Å². The van der Waals surface area contributed by atoms with Gasteiger partial charge in [0.2, 0.25) is 5.91 Å². The Bertz CT molecular complexity index is 441. The average Bonchev–Trinajstić information content (AvgIpc) is 2.24. The minimum atomic E-state index is -0.603. The van der Waals surface area contributed by atoms with Crippen molar-refractivity contribution in [3.8, 4) is 0 Å². The van der Waals surface area contributed by atoms with Crippen molar-refractivity contribution in [1.82, 2.24) is 0 Å². The first-order valence-electron chi connectivity index (χ1n) is 5.55. The number of halogens is 2. The van der Waals surface area contributed by atoms with Crippen molar-refractivity contribution in [1.29, 1.82) is 0 Å². The molecule has 0 aliphatic heterocycles. The van der Waals surface area contributed by atoms with Crippen molar-refractivity contribution in [2.45, 2.75) is 19.3 Å². The predicted molar refractivity (Wildman–Crippen MR) is 65.4 cm³/mol. The quantitative estimate of drug-likeness (QED) is 0.873. The van der Waals surface area contributed by atoms with E-state index in [9.17, 15) is 9.18 Å². The number of anilines is 1. The molecule has 1 fully saturated rings. The number of nitrogens with one attached hydrogen (secondary N) is 1. The lowest BCUT2D eigenvalue weighted by molar-refractivity contribution is -0.129. The van der Waals surface area contributed by atoms with Gasteiger partial charge in [-0.05, 0) is 25.0 Å². The van der Waals surface area contributed by atoms with Gasteiger partial charge >= 0.3 is 0 Å². The number of carbonyl (C=O) groups is 1. The lowest BCUT2D eigenvalue weighted by Crippen LogP contribution is -2.47. The standard InChI is InChI=1S/C12H14ClFN2O/c13-8-3-1-4-9(10(8)14)16-11(17)12(7-15)5-2-6-12/h1,3-4H,2,5-7,15H2,(H,16,17). The highest BCUT2D eigenvalue weighted by Gasteiger charge is 2.43. The lowest BCUT2D eigenvalue weighted by Gasteiger charge is -2.39. The molecule has 92 valence electrons. The Hall–Kier alpha value is -1.13. The van der Waals surface area contributed by atoms with Crippen LogP contribution in [0.1, 0.15) is 19.3 Å². The SMILES string of the molecule is NCC1(C(=O)Nc2cccc(Cl)c2F)CCC1. The fourth-order valence-electron chi connectivity index (χ4n) is 1.98. The summed E-state index contributed by atoms with van der Waals surface area (Å²) in [4.78, 5) is 12.0. The topological polar surface area (TPSA) is 55.1 Å². The van der Waals surface area contributed by atoms with Crippen LogP contribution in [-0.2, 0) is 4.79 Å². The predicted octanol–water partition coefficient (Wildman–Crippen LogP) is 2.55. The van der Waals surface area contributed by atoms with E-state index in [2.05, 4.69) is 5.32 Å². The molecule has 0 spiro atoms. The minimum absolute atomic E-state index is 0.00166. The number of rotatable bonds is 3. The van der Waals surface area contributed by atoms with E-state index >= 15 is 0 Å². The number of nitrogens with two attached hydrogens (primary N) is 1. The molecule has 2 rings (SSSR count). The molecule has 5 heteroatoms. The van der Waals surface area contributed by atoms with Crippen LogP contribution < -0.4 is 11.1 Å². The molecule has 0 radical (unpaired) electrons. The highest BCUT2D eigenvalue weighted by atomic mass is 35.5. The summed E-state index contributed by atoms with van der Waals surface area (Å²) in [6, 6.07) is 4.52. The minimum Gasteiger partial charge on any atom is -0.329 e. The van der Waals surface area contributed by atoms with E-state index in [1.165, 1.54) is 12.1 Å². The smallest absolute Gasteiger partial charge is 0.231 e.